The molecule has 2 aromatic heterocycles. The zero-order valence-corrected chi connectivity index (χ0v) is 22.0. The van der Waals surface area contributed by atoms with Crippen LogP contribution in [-0.2, 0) is 14.3 Å². The number of rotatable bonds is 6. The SMILES string of the molecule is CC1(C)C=CC(CNc2nc(-c3ccc(N4CCOCC4)cc3)nc3c2ncn3C2CCCCO2)C(=O)N1. The number of amides is 1. The van der Waals surface area contributed by atoms with E-state index in [2.05, 4.69) is 44.8 Å². The van der Waals surface area contributed by atoms with Crippen molar-refractivity contribution in [1.29, 1.82) is 0 Å². The van der Waals surface area contributed by atoms with Crippen LogP contribution in [0.25, 0.3) is 22.6 Å². The number of nitrogens with one attached hydrogen (secondary N) is 2. The summed E-state index contributed by atoms with van der Waals surface area (Å²) in [5.41, 5.74) is 3.14. The molecule has 1 amide bonds. The van der Waals surface area contributed by atoms with E-state index in [0.29, 0.717) is 23.7 Å². The largest absolute Gasteiger partial charge is 0.378 e. The first kappa shape index (κ1) is 24.8. The lowest BCUT2D eigenvalue weighted by atomic mass is 9.94. The second kappa shape index (κ2) is 10.3. The highest BCUT2D eigenvalue weighted by molar-refractivity contribution is 5.87. The van der Waals surface area contributed by atoms with Gasteiger partial charge in [0, 0.05) is 37.5 Å². The Morgan fingerprint density at radius 1 is 1.11 bits per heavy atom. The number of carbonyl (C=O) groups is 1. The van der Waals surface area contributed by atoms with Crippen molar-refractivity contribution in [2.24, 2.45) is 5.92 Å². The first-order valence-electron chi connectivity index (χ1n) is 13.5. The highest BCUT2D eigenvalue weighted by Crippen LogP contribution is 2.31. The molecule has 10 heteroatoms. The number of anilines is 2. The summed E-state index contributed by atoms with van der Waals surface area (Å²) in [6.07, 6.45) is 8.79. The lowest BCUT2D eigenvalue weighted by Gasteiger charge is -2.30. The Kier molecular flexibility index (Phi) is 6.75. The summed E-state index contributed by atoms with van der Waals surface area (Å²) in [5.74, 6) is 0.919. The Morgan fingerprint density at radius 2 is 1.92 bits per heavy atom. The lowest BCUT2D eigenvalue weighted by molar-refractivity contribution is -0.124. The number of ether oxygens (including phenoxy) is 2. The van der Waals surface area contributed by atoms with Crippen molar-refractivity contribution < 1.29 is 14.3 Å². The third-order valence-electron chi connectivity index (χ3n) is 7.41. The number of aromatic nitrogens is 4. The van der Waals surface area contributed by atoms with Crippen molar-refractivity contribution in [2.75, 3.05) is 49.7 Å². The van der Waals surface area contributed by atoms with Gasteiger partial charge in [0.1, 0.15) is 6.23 Å². The van der Waals surface area contributed by atoms with Crippen LogP contribution in [0.3, 0.4) is 0 Å². The van der Waals surface area contributed by atoms with Gasteiger partial charge in [-0.25, -0.2) is 15.0 Å². The molecule has 0 spiro atoms. The lowest BCUT2D eigenvalue weighted by Crippen LogP contribution is -2.49. The molecule has 0 saturated carbocycles. The molecule has 2 atom stereocenters. The number of nitrogens with zero attached hydrogens (tertiary/aromatic N) is 5. The van der Waals surface area contributed by atoms with Gasteiger partial charge < -0.3 is 25.0 Å². The number of morpholine rings is 1. The Morgan fingerprint density at radius 3 is 2.66 bits per heavy atom. The monoisotopic (exact) mass is 517 g/mol. The summed E-state index contributed by atoms with van der Waals surface area (Å²) in [7, 11) is 0. The van der Waals surface area contributed by atoms with Gasteiger partial charge in [-0.15, -0.1) is 0 Å². The third-order valence-corrected chi connectivity index (χ3v) is 7.41. The van der Waals surface area contributed by atoms with Gasteiger partial charge in [0.25, 0.3) is 0 Å². The molecule has 5 heterocycles. The maximum absolute atomic E-state index is 12.7. The predicted octanol–water partition coefficient (Wildman–Crippen LogP) is 3.52. The average Bonchev–Trinajstić information content (AvgIpc) is 3.37. The second-order valence-electron chi connectivity index (χ2n) is 10.7. The third kappa shape index (κ3) is 5.10. The standard InChI is InChI=1S/C28H35N7O3/c1-28(2)11-10-20(27(36)33-28)17-29-25-23-26(35(18-30-23)22-5-3-4-14-38-22)32-24(31-25)19-6-8-21(9-7-19)34-12-15-37-16-13-34/h6-11,18,20,22H,3-5,12-17H2,1-2H3,(H,33,36)(H,29,31,32). The van der Waals surface area contributed by atoms with Gasteiger partial charge in [-0.05, 0) is 57.4 Å². The fourth-order valence-electron chi connectivity index (χ4n) is 5.23. The van der Waals surface area contributed by atoms with Crippen molar-refractivity contribution in [3.05, 3.63) is 42.7 Å². The molecule has 3 aromatic rings. The minimum Gasteiger partial charge on any atom is -0.378 e. The van der Waals surface area contributed by atoms with Crippen LogP contribution in [-0.4, -0.2) is 70.4 Å². The maximum atomic E-state index is 12.7. The number of fused-ring (bicyclic) bond motifs is 1. The number of imidazole rings is 1. The van der Waals surface area contributed by atoms with Gasteiger partial charge in [0.15, 0.2) is 22.8 Å². The van der Waals surface area contributed by atoms with Crippen LogP contribution in [0.15, 0.2) is 42.7 Å². The molecule has 0 bridgehead atoms. The molecule has 2 unspecified atom stereocenters. The van der Waals surface area contributed by atoms with Gasteiger partial charge in [-0.2, -0.15) is 0 Å². The normalized spacial score (nSPS) is 23.4. The Hall–Kier alpha value is -3.50. The Labute approximate surface area is 222 Å². The predicted molar refractivity (Wildman–Crippen MR) is 146 cm³/mol. The number of benzene rings is 1. The van der Waals surface area contributed by atoms with Crippen LogP contribution in [0.4, 0.5) is 11.5 Å². The molecule has 200 valence electrons. The van der Waals surface area contributed by atoms with Crippen LogP contribution >= 0.6 is 0 Å². The molecule has 2 saturated heterocycles. The summed E-state index contributed by atoms with van der Waals surface area (Å²) in [5, 5.41) is 6.45. The van der Waals surface area contributed by atoms with Crippen LogP contribution in [0.5, 0.6) is 0 Å². The average molecular weight is 518 g/mol. The summed E-state index contributed by atoms with van der Waals surface area (Å²) in [4.78, 5) is 29.5. The topological polar surface area (TPSA) is 106 Å². The van der Waals surface area contributed by atoms with Crippen molar-refractivity contribution in [3.8, 4) is 11.4 Å². The molecule has 6 rings (SSSR count). The first-order chi connectivity index (χ1) is 18.5. The fourth-order valence-corrected chi connectivity index (χ4v) is 5.23. The van der Waals surface area contributed by atoms with E-state index in [-0.39, 0.29) is 23.6 Å². The van der Waals surface area contributed by atoms with E-state index < -0.39 is 0 Å². The Balaban J connectivity index is 1.33. The van der Waals surface area contributed by atoms with E-state index in [1.54, 1.807) is 6.33 Å². The Bertz CT molecular complexity index is 1320. The maximum Gasteiger partial charge on any atom is 0.229 e. The van der Waals surface area contributed by atoms with Gasteiger partial charge in [0.2, 0.25) is 5.91 Å². The van der Waals surface area contributed by atoms with Crippen molar-refractivity contribution in [3.63, 3.8) is 0 Å². The van der Waals surface area contributed by atoms with Gasteiger partial charge >= 0.3 is 0 Å². The zero-order valence-electron chi connectivity index (χ0n) is 22.0. The van der Waals surface area contributed by atoms with Gasteiger partial charge in [-0.1, -0.05) is 12.2 Å². The molecular formula is C28H35N7O3. The smallest absolute Gasteiger partial charge is 0.229 e. The molecular weight excluding hydrogens is 482 g/mol. The number of hydrogen-bond donors (Lipinski definition) is 2. The molecule has 2 N–H and O–H groups in total. The van der Waals surface area contributed by atoms with E-state index in [1.807, 2.05) is 30.6 Å². The van der Waals surface area contributed by atoms with Crippen molar-refractivity contribution in [1.82, 2.24) is 24.8 Å². The van der Waals surface area contributed by atoms with Crippen LogP contribution in [0.1, 0.15) is 39.3 Å². The highest BCUT2D eigenvalue weighted by atomic mass is 16.5. The van der Waals surface area contributed by atoms with E-state index in [4.69, 9.17) is 19.4 Å². The minimum atomic E-state index is -0.338. The fraction of sp³-hybridized carbons (Fsp3) is 0.500. The summed E-state index contributed by atoms with van der Waals surface area (Å²) < 4.78 is 13.6. The molecule has 10 nitrogen and oxygen atoms in total. The van der Waals surface area contributed by atoms with E-state index in [9.17, 15) is 4.79 Å². The van der Waals surface area contributed by atoms with E-state index in [0.717, 1.165) is 69.1 Å². The highest BCUT2D eigenvalue weighted by Gasteiger charge is 2.28. The van der Waals surface area contributed by atoms with Crippen LogP contribution < -0.4 is 15.5 Å². The van der Waals surface area contributed by atoms with Gasteiger partial charge in [-0.3, -0.25) is 9.36 Å². The van der Waals surface area contributed by atoms with Gasteiger partial charge in [0.05, 0.1) is 31.0 Å². The molecule has 0 radical (unpaired) electrons. The van der Waals surface area contributed by atoms with Crippen LogP contribution in [0.2, 0.25) is 0 Å². The molecule has 1 aromatic carbocycles. The molecule has 3 aliphatic heterocycles. The number of carbonyl (C=O) groups excluding carboxylic acids is 1. The number of hydrogen-bond acceptors (Lipinski definition) is 8. The molecule has 0 aliphatic carbocycles. The summed E-state index contributed by atoms with van der Waals surface area (Å²) in [6, 6.07) is 8.35. The summed E-state index contributed by atoms with van der Waals surface area (Å²) >= 11 is 0. The molecule has 3 aliphatic rings. The second-order valence-corrected chi connectivity index (χ2v) is 10.7. The van der Waals surface area contributed by atoms with Crippen LogP contribution in [0, 0.1) is 5.92 Å². The minimum absolute atomic E-state index is 0.00430. The van der Waals surface area contributed by atoms with Crippen molar-refractivity contribution >= 4 is 28.6 Å². The molecule has 2 fully saturated rings. The zero-order chi connectivity index (χ0) is 26.1. The summed E-state index contributed by atoms with van der Waals surface area (Å²) in [6.45, 7) is 8.37. The van der Waals surface area contributed by atoms with Crippen molar-refractivity contribution in [2.45, 2.75) is 44.9 Å². The quantitative estimate of drug-likeness (QED) is 0.479. The first-order valence-corrected chi connectivity index (χ1v) is 13.5. The van der Waals surface area contributed by atoms with E-state index >= 15 is 0 Å². The molecule has 38 heavy (non-hydrogen) atoms. The van der Waals surface area contributed by atoms with E-state index in [1.165, 1.54) is 0 Å².